The van der Waals surface area contributed by atoms with Gasteiger partial charge < -0.3 is 9.88 Å². The molecule has 4 rings (SSSR count). The maximum absolute atomic E-state index is 12.8. The van der Waals surface area contributed by atoms with Gasteiger partial charge in [-0.15, -0.1) is 0 Å². The number of carbonyl (C=O) groups is 1. The number of pyridine rings is 1. The van der Waals surface area contributed by atoms with Crippen LogP contribution in [0.2, 0.25) is 0 Å². The van der Waals surface area contributed by atoms with Crippen LogP contribution in [0.3, 0.4) is 0 Å². The number of nitrogens with one attached hydrogen (secondary N) is 1. The summed E-state index contributed by atoms with van der Waals surface area (Å²) in [7, 11) is -3.44. The smallest absolute Gasteiger partial charge is 0.250 e. The summed E-state index contributed by atoms with van der Waals surface area (Å²) in [5.41, 5.74) is 2.51. The number of carbonyl (C=O) groups excluding carboxylic acids is 1. The number of nitrogens with zero attached hydrogens (tertiary/aromatic N) is 2. The van der Waals surface area contributed by atoms with E-state index in [1.54, 1.807) is 45.4 Å². The van der Waals surface area contributed by atoms with E-state index in [0.29, 0.717) is 43.1 Å². The SMILES string of the molecule is O=C(CCc1ccc(S(=O)(=O)N2CCCCC2)cc1)Nc1ccc(Cn2ccccc2=O)cc1. The first-order valence-corrected chi connectivity index (χ1v) is 13.0. The fourth-order valence-electron chi connectivity index (χ4n) is 4.05. The van der Waals surface area contributed by atoms with E-state index in [2.05, 4.69) is 5.32 Å². The maximum atomic E-state index is 12.8. The number of aryl methyl sites for hydroxylation is 1. The lowest BCUT2D eigenvalue weighted by Crippen LogP contribution is -2.35. The van der Waals surface area contributed by atoms with E-state index in [0.717, 1.165) is 30.4 Å². The van der Waals surface area contributed by atoms with E-state index in [-0.39, 0.29) is 11.5 Å². The number of rotatable bonds is 8. The van der Waals surface area contributed by atoms with Crippen LogP contribution >= 0.6 is 0 Å². The molecule has 1 aliphatic heterocycles. The molecule has 8 heteroatoms. The molecule has 0 radical (unpaired) electrons. The summed E-state index contributed by atoms with van der Waals surface area (Å²) in [6, 6.07) is 19.3. The minimum Gasteiger partial charge on any atom is -0.326 e. The number of sulfonamides is 1. The molecule has 0 unspecified atom stereocenters. The number of hydrogen-bond acceptors (Lipinski definition) is 4. The van der Waals surface area contributed by atoms with Crippen LogP contribution in [-0.4, -0.2) is 36.3 Å². The number of anilines is 1. The highest BCUT2D eigenvalue weighted by molar-refractivity contribution is 7.89. The summed E-state index contributed by atoms with van der Waals surface area (Å²) in [6.45, 7) is 1.63. The number of benzene rings is 2. The van der Waals surface area contributed by atoms with Crippen LogP contribution in [0.25, 0.3) is 0 Å². The zero-order valence-electron chi connectivity index (χ0n) is 19.0. The summed E-state index contributed by atoms with van der Waals surface area (Å²) >= 11 is 0. The van der Waals surface area contributed by atoms with Crippen molar-refractivity contribution >= 4 is 21.6 Å². The van der Waals surface area contributed by atoms with Crippen molar-refractivity contribution in [3.8, 4) is 0 Å². The lowest BCUT2D eigenvalue weighted by molar-refractivity contribution is -0.116. The van der Waals surface area contributed by atoms with Gasteiger partial charge in [-0.1, -0.05) is 36.8 Å². The Morgan fingerprint density at radius 3 is 2.21 bits per heavy atom. The second kappa shape index (κ2) is 10.8. The molecule has 0 aliphatic carbocycles. The van der Waals surface area contributed by atoms with E-state index < -0.39 is 10.0 Å². The van der Waals surface area contributed by atoms with E-state index >= 15 is 0 Å². The molecule has 0 atom stereocenters. The Kier molecular flexibility index (Phi) is 7.59. The highest BCUT2D eigenvalue weighted by atomic mass is 32.2. The molecule has 0 spiro atoms. The summed E-state index contributed by atoms with van der Waals surface area (Å²) < 4.78 is 28.7. The Morgan fingerprint density at radius 1 is 0.853 bits per heavy atom. The van der Waals surface area contributed by atoms with E-state index in [1.165, 1.54) is 6.07 Å². The molecule has 1 fully saturated rings. The van der Waals surface area contributed by atoms with Gasteiger partial charge in [0.15, 0.2) is 0 Å². The predicted molar refractivity (Wildman–Crippen MR) is 132 cm³/mol. The van der Waals surface area contributed by atoms with Gasteiger partial charge in [0.1, 0.15) is 0 Å². The molecule has 1 N–H and O–H groups in total. The van der Waals surface area contributed by atoms with Gasteiger partial charge in [0.05, 0.1) is 11.4 Å². The van der Waals surface area contributed by atoms with Gasteiger partial charge in [-0.2, -0.15) is 4.31 Å². The summed E-state index contributed by atoms with van der Waals surface area (Å²) in [5, 5.41) is 2.88. The zero-order chi connectivity index (χ0) is 24.0. The van der Waals surface area contributed by atoms with E-state index in [1.807, 2.05) is 30.3 Å². The molecule has 2 aromatic carbocycles. The summed E-state index contributed by atoms with van der Waals surface area (Å²) in [4.78, 5) is 24.5. The summed E-state index contributed by atoms with van der Waals surface area (Å²) in [6.07, 6.45) is 5.44. The predicted octanol–water partition coefficient (Wildman–Crippen LogP) is 3.64. The first kappa shape index (κ1) is 23.9. The van der Waals surface area contributed by atoms with Crippen molar-refractivity contribution in [3.63, 3.8) is 0 Å². The number of piperidine rings is 1. The molecular formula is C26H29N3O4S. The van der Waals surface area contributed by atoms with Crippen molar-refractivity contribution in [3.05, 3.63) is 94.4 Å². The number of aromatic nitrogens is 1. The summed E-state index contributed by atoms with van der Waals surface area (Å²) in [5.74, 6) is -0.114. The molecule has 1 aromatic heterocycles. The molecule has 1 amide bonds. The first-order chi connectivity index (χ1) is 16.4. The Hall–Kier alpha value is -3.23. The van der Waals surface area contributed by atoms with Gasteiger partial charge in [-0.25, -0.2) is 8.42 Å². The van der Waals surface area contributed by atoms with Gasteiger partial charge in [0.25, 0.3) is 5.56 Å². The second-order valence-electron chi connectivity index (χ2n) is 8.52. The normalized spacial score (nSPS) is 14.6. The maximum Gasteiger partial charge on any atom is 0.250 e. The fourth-order valence-corrected chi connectivity index (χ4v) is 5.56. The highest BCUT2D eigenvalue weighted by Crippen LogP contribution is 2.21. The lowest BCUT2D eigenvalue weighted by Gasteiger charge is -2.25. The largest absolute Gasteiger partial charge is 0.326 e. The third-order valence-corrected chi connectivity index (χ3v) is 7.92. The average Bonchev–Trinajstić information content (AvgIpc) is 2.86. The Bertz CT molecular complexity index is 1280. The molecule has 34 heavy (non-hydrogen) atoms. The molecule has 3 aromatic rings. The van der Waals surface area contributed by atoms with Gasteiger partial charge >= 0.3 is 0 Å². The van der Waals surface area contributed by atoms with Crippen LogP contribution in [-0.2, 0) is 27.8 Å². The molecule has 178 valence electrons. The molecule has 1 aliphatic rings. The van der Waals surface area contributed by atoms with Crippen LogP contribution in [0.15, 0.2) is 82.6 Å². The first-order valence-electron chi connectivity index (χ1n) is 11.6. The lowest BCUT2D eigenvalue weighted by atomic mass is 10.1. The minimum atomic E-state index is -3.44. The Balaban J connectivity index is 1.28. The second-order valence-corrected chi connectivity index (χ2v) is 10.5. The van der Waals surface area contributed by atoms with Crippen molar-refractivity contribution in [1.82, 2.24) is 8.87 Å². The van der Waals surface area contributed by atoms with Crippen molar-refractivity contribution in [1.29, 1.82) is 0 Å². The Morgan fingerprint density at radius 2 is 1.53 bits per heavy atom. The van der Waals surface area contributed by atoms with Gasteiger partial charge in [0, 0.05) is 37.5 Å². The van der Waals surface area contributed by atoms with Crippen LogP contribution in [0.1, 0.15) is 36.8 Å². The Labute approximate surface area is 200 Å². The molecule has 2 heterocycles. The van der Waals surface area contributed by atoms with Crippen molar-refractivity contribution in [2.24, 2.45) is 0 Å². The number of amides is 1. The van der Waals surface area contributed by atoms with E-state index in [4.69, 9.17) is 0 Å². The molecule has 0 saturated carbocycles. The quantitative estimate of drug-likeness (QED) is 0.534. The zero-order valence-corrected chi connectivity index (χ0v) is 19.8. The van der Waals surface area contributed by atoms with Gasteiger partial charge in [-0.3, -0.25) is 9.59 Å². The molecule has 0 bridgehead atoms. The third kappa shape index (κ3) is 6.01. The van der Waals surface area contributed by atoms with E-state index in [9.17, 15) is 18.0 Å². The fraction of sp³-hybridized carbons (Fsp3) is 0.308. The standard InChI is InChI=1S/C26H29N3O4S/c30-25(27-23-12-7-22(8-13-23)20-28-17-5-2-6-26(28)31)16-11-21-9-14-24(15-10-21)34(32,33)29-18-3-1-4-19-29/h2,5-10,12-15,17H,1,3-4,11,16,18-20H2,(H,27,30). The van der Waals surface area contributed by atoms with Crippen LogP contribution < -0.4 is 10.9 Å². The highest BCUT2D eigenvalue weighted by Gasteiger charge is 2.25. The van der Waals surface area contributed by atoms with Crippen LogP contribution in [0.5, 0.6) is 0 Å². The van der Waals surface area contributed by atoms with Crippen molar-refractivity contribution in [2.75, 3.05) is 18.4 Å². The molecular weight excluding hydrogens is 450 g/mol. The minimum absolute atomic E-state index is 0.0583. The molecule has 1 saturated heterocycles. The van der Waals surface area contributed by atoms with Gasteiger partial charge in [0.2, 0.25) is 15.9 Å². The van der Waals surface area contributed by atoms with Crippen molar-refractivity contribution < 1.29 is 13.2 Å². The number of hydrogen-bond donors (Lipinski definition) is 1. The van der Waals surface area contributed by atoms with Gasteiger partial charge in [-0.05, 0) is 60.7 Å². The van der Waals surface area contributed by atoms with Crippen molar-refractivity contribution in [2.45, 2.75) is 43.5 Å². The average molecular weight is 480 g/mol. The van der Waals surface area contributed by atoms with Crippen LogP contribution in [0.4, 0.5) is 5.69 Å². The monoisotopic (exact) mass is 479 g/mol. The third-order valence-electron chi connectivity index (χ3n) is 6.01. The molecule has 7 nitrogen and oxygen atoms in total. The topological polar surface area (TPSA) is 88.5 Å². The van der Waals surface area contributed by atoms with Crippen LogP contribution in [0, 0.1) is 0 Å².